The third-order valence-corrected chi connectivity index (χ3v) is 6.08. The second-order valence-corrected chi connectivity index (χ2v) is 8.89. The molecule has 2 aromatic carbocycles. The predicted molar refractivity (Wildman–Crippen MR) is 104 cm³/mol. The van der Waals surface area contributed by atoms with Crippen LogP contribution in [0.5, 0.6) is 5.75 Å². The van der Waals surface area contributed by atoms with Gasteiger partial charge in [-0.25, -0.2) is 12.7 Å². The molecule has 8 nitrogen and oxygen atoms in total. The van der Waals surface area contributed by atoms with Gasteiger partial charge in [0.25, 0.3) is 0 Å². The molecule has 0 atom stereocenters. The minimum atomic E-state index is -3.44. The Hall–Kier alpha value is -2.30. The molecule has 3 aromatic rings. The number of benzene rings is 2. The van der Waals surface area contributed by atoms with Crippen molar-refractivity contribution in [2.45, 2.75) is 11.4 Å². The summed E-state index contributed by atoms with van der Waals surface area (Å²) in [6.07, 6.45) is 0. The van der Waals surface area contributed by atoms with Crippen molar-refractivity contribution in [3.63, 3.8) is 0 Å². The van der Waals surface area contributed by atoms with Gasteiger partial charge in [0.15, 0.2) is 0 Å². The van der Waals surface area contributed by atoms with E-state index in [0.29, 0.717) is 24.7 Å². The van der Waals surface area contributed by atoms with Crippen LogP contribution in [0, 0.1) is 0 Å². The smallest absolute Gasteiger partial charge is 0.242 e. The van der Waals surface area contributed by atoms with Crippen LogP contribution >= 0.6 is 15.9 Å². The van der Waals surface area contributed by atoms with Crippen molar-refractivity contribution in [3.8, 4) is 17.1 Å². The number of sulfonamides is 1. The van der Waals surface area contributed by atoms with Crippen LogP contribution in [0.25, 0.3) is 11.4 Å². The van der Waals surface area contributed by atoms with Gasteiger partial charge in [-0.15, -0.1) is 10.2 Å². The van der Waals surface area contributed by atoms with E-state index in [9.17, 15) is 8.42 Å². The Labute approximate surface area is 165 Å². The van der Waals surface area contributed by atoms with Crippen LogP contribution in [0.3, 0.4) is 0 Å². The highest BCUT2D eigenvalue weighted by molar-refractivity contribution is 9.10. The molecule has 0 aliphatic rings. The maximum absolute atomic E-state index is 12.0. The fourth-order valence-corrected chi connectivity index (χ4v) is 3.38. The van der Waals surface area contributed by atoms with Gasteiger partial charge in [-0.3, -0.25) is 0 Å². The molecular formula is C17H18BrN5O3S. The summed E-state index contributed by atoms with van der Waals surface area (Å²) in [4.78, 5) is 1.68. The summed E-state index contributed by atoms with van der Waals surface area (Å²) in [6.45, 7) is 0.747. The monoisotopic (exact) mass is 451 g/mol. The van der Waals surface area contributed by atoms with Gasteiger partial charge in [-0.2, -0.15) is 4.80 Å². The molecule has 0 saturated carbocycles. The number of tetrazole rings is 1. The van der Waals surface area contributed by atoms with Crippen molar-refractivity contribution in [3.05, 3.63) is 53.0 Å². The van der Waals surface area contributed by atoms with Crippen molar-refractivity contribution < 1.29 is 13.2 Å². The molecule has 10 heteroatoms. The molecule has 0 radical (unpaired) electrons. The molecule has 0 spiro atoms. The molecule has 27 heavy (non-hydrogen) atoms. The lowest BCUT2D eigenvalue weighted by atomic mass is 10.2. The third-order valence-electron chi connectivity index (χ3n) is 3.72. The van der Waals surface area contributed by atoms with Crippen LogP contribution in [0.1, 0.15) is 0 Å². The van der Waals surface area contributed by atoms with E-state index in [2.05, 4.69) is 31.3 Å². The van der Waals surface area contributed by atoms with E-state index in [1.807, 2.05) is 24.3 Å². The molecule has 0 unspecified atom stereocenters. The molecule has 0 fully saturated rings. The lowest BCUT2D eigenvalue weighted by Gasteiger charge is -2.12. The van der Waals surface area contributed by atoms with Crippen molar-refractivity contribution in [1.29, 1.82) is 0 Å². The highest BCUT2D eigenvalue weighted by atomic mass is 79.9. The number of halogens is 1. The number of ether oxygens (including phenoxy) is 1. The standard InChI is InChI=1S/C17H18BrN5O3S/c1-22(2)27(24,25)16-9-7-15(8-10-16)26-12-11-23-20-17(19-21-23)13-3-5-14(18)6-4-13/h3-10H,11-12H2,1-2H3. The molecule has 1 heterocycles. The molecule has 3 rings (SSSR count). The first kappa shape index (κ1) is 19.5. The SMILES string of the molecule is CN(C)S(=O)(=O)c1ccc(OCCn2nnc(-c3ccc(Br)cc3)n2)cc1. The first-order valence-electron chi connectivity index (χ1n) is 8.05. The van der Waals surface area contributed by atoms with E-state index in [1.165, 1.54) is 35.3 Å². The van der Waals surface area contributed by atoms with Gasteiger partial charge in [0.05, 0.1) is 11.4 Å². The normalized spacial score (nSPS) is 11.7. The molecule has 142 valence electrons. The van der Waals surface area contributed by atoms with Crippen molar-refractivity contribution in [1.82, 2.24) is 24.5 Å². The van der Waals surface area contributed by atoms with Crippen LogP contribution in [0.2, 0.25) is 0 Å². The first-order valence-corrected chi connectivity index (χ1v) is 10.3. The van der Waals surface area contributed by atoms with Gasteiger partial charge in [0.2, 0.25) is 15.8 Å². The number of hydrogen-bond acceptors (Lipinski definition) is 6. The topological polar surface area (TPSA) is 90.2 Å². The Kier molecular flexibility index (Phi) is 5.88. The molecule has 0 aliphatic heterocycles. The molecule has 0 aliphatic carbocycles. The second-order valence-electron chi connectivity index (χ2n) is 5.82. The minimum absolute atomic E-state index is 0.219. The van der Waals surface area contributed by atoms with Crippen molar-refractivity contribution in [2.24, 2.45) is 0 Å². The number of aromatic nitrogens is 4. The average Bonchev–Trinajstić information content (AvgIpc) is 3.11. The fourth-order valence-electron chi connectivity index (χ4n) is 2.22. The Balaban J connectivity index is 1.57. The van der Waals surface area contributed by atoms with Crippen LogP contribution in [-0.4, -0.2) is 53.6 Å². The molecule has 1 aromatic heterocycles. The first-order chi connectivity index (χ1) is 12.9. The number of hydrogen-bond donors (Lipinski definition) is 0. The minimum Gasteiger partial charge on any atom is -0.492 e. The lowest BCUT2D eigenvalue weighted by Crippen LogP contribution is -2.22. The fraction of sp³-hybridized carbons (Fsp3) is 0.235. The Morgan fingerprint density at radius 2 is 1.74 bits per heavy atom. The summed E-state index contributed by atoms with van der Waals surface area (Å²) in [5.41, 5.74) is 0.878. The quantitative estimate of drug-likeness (QED) is 0.547. The maximum atomic E-state index is 12.0. The molecule has 0 saturated heterocycles. The Morgan fingerprint density at radius 3 is 2.37 bits per heavy atom. The van der Waals surface area contributed by atoms with Crippen LogP contribution < -0.4 is 4.74 Å². The summed E-state index contributed by atoms with van der Waals surface area (Å²) >= 11 is 3.39. The highest BCUT2D eigenvalue weighted by Gasteiger charge is 2.16. The zero-order valence-electron chi connectivity index (χ0n) is 14.8. The van der Waals surface area contributed by atoms with Crippen LogP contribution in [0.15, 0.2) is 57.9 Å². The van der Waals surface area contributed by atoms with Gasteiger partial charge in [0.1, 0.15) is 12.4 Å². The molecule has 0 amide bonds. The largest absolute Gasteiger partial charge is 0.492 e. The van der Waals surface area contributed by atoms with Gasteiger partial charge in [-0.05, 0) is 53.7 Å². The molecular weight excluding hydrogens is 434 g/mol. The summed E-state index contributed by atoms with van der Waals surface area (Å²) in [7, 11) is -0.454. The Morgan fingerprint density at radius 1 is 1.07 bits per heavy atom. The summed E-state index contributed by atoms with van der Waals surface area (Å²) in [6, 6.07) is 13.9. The molecule has 0 bridgehead atoms. The highest BCUT2D eigenvalue weighted by Crippen LogP contribution is 2.19. The Bertz CT molecular complexity index is 1000. The van der Waals surface area contributed by atoms with E-state index in [0.717, 1.165) is 10.0 Å². The van der Waals surface area contributed by atoms with Gasteiger partial charge in [-0.1, -0.05) is 15.9 Å². The van der Waals surface area contributed by atoms with Crippen molar-refractivity contribution >= 4 is 26.0 Å². The third kappa shape index (κ3) is 4.71. The van der Waals surface area contributed by atoms with E-state index < -0.39 is 10.0 Å². The average molecular weight is 452 g/mol. The van der Waals surface area contributed by atoms with E-state index in [-0.39, 0.29) is 4.90 Å². The predicted octanol–water partition coefficient (Wildman–Crippen LogP) is 2.43. The maximum Gasteiger partial charge on any atom is 0.242 e. The summed E-state index contributed by atoms with van der Waals surface area (Å²) in [5.74, 6) is 1.11. The zero-order valence-corrected chi connectivity index (χ0v) is 17.2. The summed E-state index contributed by atoms with van der Waals surface area (Å²) < 4.78 is 31.8. The van der Waals surface area contributed by atoms with E-state index >= 15 is 0 Å². The van der Waals surface area contributed by atoms with Crippen molar-refractivity contribution in [2.75, 3.05) is 20.7 Å². The van der Waals surface area contributed by atoms with Crippen LogP contribution in [-0.2, 0) is 16.6 Å². The van der Waals surface area contributed by atoms with Gasteiger partial charge >= 0.3 is 0 Å². The zero-order chi connectivity index (χ0) is 19.4. The number of rotatable bonds is 7. The lowest BCUT2D eigenvalue weighted by molar-refractivity contribution is 0.280. The second kappa shape index (κ2) is 8.15. The summed E-state index contributed by atoms with van der Waals surface area (Å²) in [5, 5.41) is 12.4. The van der Waals surface area contributed by atoms with Gasteiger partial charge < -0.3 is 4.74 Å². The van der Waals surface area contributed by atoms with E-state index in [4.69, 9.17) is 4.74 Å². The molecule has 0 N–H and O–H groups in total. The number of nitrogens with zero attached hydrogens (tertiary/aromatic N) is 5. The van der Waals surface area contributed by atoms with Gasteiger partial charge in [0, 0.05) is 24.1 Å². The van der Waals surface area contributed by atoms with E-state index in [1.54, 1.807) is 12.1 Å². The van der Waals surface area contributed by atoms with Crippen LogP contribution in [0.4, 0.5) is 0 Å².